The molecule has 2 aromatic rings. The van der Waals surface area contributed by atoms with E-state index in [0.717, 1.165) is 4.57 Å². The Morgan fingerprint density at radius 1 is 1.35 bits per heavy atom. The highest BCUT2D eigenvalue weighted by molar-refractivity contribution is 7.52. The second-order valence-corrected chi connectivity index (χ2v) is 9.82. The highest BCUT2D eigenvalue weighted by atomic mass is 31.2. The van der Waals surface area contributed by atoms with Crippen molar-refractivity contribution in [3.05, 3.63) is 63.2 Å². The van der Waals surface area contributed by atoms with Crippen molar-refractivity contribution in [1.82, 2.24) is 14.6 Å². The third kappa shape index (κ3) is 4.98. The lowest BCUT2D eigenvalue weighted by molar-refractivity contribution is -0.138. The first kappa shape index (κ1) is 24.3. The Morgan fingerprint density at radius 2 is 2.03 bits per heavy atom. The second kappa shape index (κ2) is 9.08. The number of aromatic nitrogens is 2. The molecule has 184 valence electrons. The molecule has 4 rings (SSSR count). The van der Waals surface area contributed by atoms with Crippen LogP contribution in [0.4, 0.5) is 4.39 Å². The normalized spacial score (nSPS) is 25.9. The summed E-state index contributed by atoms with van der Waals surface area (Å²) in [5.74, 6) is -2.33. The van der Waals surface area contributed by atoms with E-state index in [9.17, 15) is 33.6 Å². The van der Waals surface area contributed by atoms with Crippen LogP contribution in [0.25, 0.3) is 0 Å². The fourth-order valence-electron chi connectivity index (χ4n) is 3.75. The van der Waals surface area contributed by atoms with Crippen LogP contribution >= 0.6 is 7.75 Å². The number of H-pyrrole nitrogens is 1. The minimum Gasteiger partial charge on any atom is -0.480 e. The van der Waals surface area contributed by atoms with Gasteiger partial charge in [0.05, 0.1) is 12.3 Å². The summed E-state index contributed by atoms with van der Waals surface area (Å²) in [7, 11) is -4.30. The van der Waals surface area contributed by atoms with E-state index in [1.807, 2.05) is 4.98 Å². The molecule has 1 saturated heterocycles. The number of nitrogens with one attached hydrogen (secondary N) is 2. The lowest BCUT2D eigenvalue weighted by Gasteiger charge is -2.30. The number of carboxylic acid groups (broad SMARTS) is 1. The molecule has 0 amide bonds. The molecule has 5 atom stereocenters. The third-order valence-corrected chi connectivity index (χ3v) is 7.34. The number of ether oxygens (including phenoxy) is 1. The standard InChI is InChI=1S/C20H23FN3O9P/c1-11(18(27)28)23-34(30,32-12-5-3-2-4-6-12)33-20(7-8-20)16-14(25)9-15(31-16)24-10-13(21)17(26)22-19(24)29/h2-6,10-11,14-16,25H,7-9H2,1H3,(H,23,30)(H,27,28)(H,22,26,29)/t11?,14-,15+,16-,34+/m0/s1. The van der Waals surface area contributed by atoms with Crippen LogP contribution in [0.15, 0.2) is 46.1 Å². The summed E-state index contributed by atoms with van der Waals surface area (Å²) in [6, 6.07) is 6.69. The topological polar surface area (TPSA) is 169 Å². The molecule has 2 fully saturated rings. The quantitative estimate of drug-likeness (QED) is 0.367. The number of aliphatic hydroxyl groups is 1. The molecule has 34 heavy (non-hydrogen) atoms. The number of hydrogen-bond acceptors (Lipinski definition) is 8. The van der Waals surface area contributed by atoms with Crippen molar-refractivity contribution in [3.63, 3.8) is 0 Å². The fraction of sp³-hybridized carbons (Fsp3) is 0.450. The van der Waals surface area contributed by atoms with Gasteiger partial charge in [-0.2, -0.15) is 9.48 Å². The van der Waals surface area contributed by atoms with Crippen molar-refractivity contribution < 1.29 is 37.7 Å². The molecule has 1 aliphatic carbocycles. The molecule has 2 heterocycles. The maximum absolute atomic E-state index is 13.7. The lowest BCUT2D eigenvalue weighted by Crippen LogP contribution is -2.41. The number of para-hydroxylation sites is 1. The minimum absolute atomic E-state index is 0.135. The summed E-state index contributed by atoms with van der Waals surface area (Å²) in [4.78, 5) is 36.6. The van der Waals surface area contributed by atoms with Crippen LogP contribution in [-0.2, 0) is 18.6 Å². The van der Waals surface area contributed by atoms with Crippen LogP contribution in [0.2, 0.25) is 0 Å². The van der Waals surface area contributed by atoms with E-state index in [2.05, 4.69) is 5.09 Å². The van der Waals surface area contributed by atoms with Crippen molar-refractivity contribution in [1.29, 1.82) is 0 Å². The number of carbonyl (C=O) groups is 1. The molecule has 1 unspecified atom stereocenters. The van der Waals surface area contributed by atoms with Gasteiger partial charge in [0.2, 0.25) is 5.82 Å². The van der Waals surface area contributed by atoms with Crippen LogP contribution in [0, 0.1) is 5.82 Å². The molecule has 0 bridgehead atoms. The van der Waals surface area contributed by atoms with E-state index in [1.54, 1.807) is 18.2 Å². The lowest BCUT2D eigenvalue weighted by atomic mass is 10.1. The van der Waals surface area contributed by atoms with Gasteiger partial charge in [-0.1, -0.05) is 18.2 Å². The summed E-state index contributed by atoms with van der Waals surface area (Å²) in [5, 5.41) is 22.3. The van der Waals surface area contributed by atoms with Crippen LogP contribution in [0.5, 0.6) is 5.75 Å². The molecule has 0 radical (unpaired) electrons. The first-order valence-electron chi connectivity index (χ1n) is 10.4. The average molecular weight is 499 g/mol. The van der Waals surface area contributed by atoms with E-state index in [4.69, 9.17) is 13.8 Å². The second-order valence-electron chi connectivity index (χ2n) is 8.20. The smallest absolute Gasteiger partial charge is 0.460 e. The van der Waals surface area contributed by atoms with Gasteiger partial charge in [-0.15, -0.1) is 0 Å². The summed E-state index contributed by atoms with van der Waals surface area (Å²) in [6.45, 7) is 1.26. The number of carboxylic acids is 1. The minimum atomic E-state index is -4.30. The highest BCUT2D eigenvalue weighted by Gasteiger charge is 2.61. The molecule has 14 heteroatoms. The molecular weight excluding hydrogens is 476 g/mol. The summed E-state index contributed by atoms with van der Waals surface area (Å²) in [5.41, 5.74) is -3.42. The number of aliphatic hydroxyl groups excluding tert-OH is 1. The first-order chi connectivity index (χ1) is 16.0. The maximum atomic E-state index is 13.7. The third-order valence-electron chi connectivity index (χ3n) is 5.59. The van der Waals surface area contributed by atoms with Gasteiger partial charge in [-0.25, -0.2) is 9.36 Å². The van der Waals surface area contributed by atoms with Crippen molar-refractivity contribution in [2.24, 2.45) is 0 Å². The SMILES string of the molecule is CC(N[P@@](=O)(Oc1ccccc1)OC1([C@H]2O[C@@H](n3cc(F)c(=O)[nH]c3=O)C[C@@H]2O)CC1)C(=O)O. The van der Waals surface area contributed by atoms with Gasteiger partial charge in [0.25, 0.3) is 5.56 Å². The van der Waals surface area contributed by atoms with E-state index in [-0.39, 0.29) is 12.2 Å². The molecule has 1 aromatic carbocycles. The molecule has 2 aliphatic rings. The number of rotatable bonds is 9. The van der Waals surface area contributed by atoms with Crippen molar-refractivity contribution >= 4 is 13.7 Å². The molecule has 12 nitrogen and oxygen atoms in total. The van der Waals surface area contributed by atoms with Crippen molar-refractivity contribution in [3.8, 4) is 5.75 Å². The summed E-state index contributed by atoms with van der Waals surface area (Å²) < 4.78 is 45.3. The molecule has 0 spiro atoms. The zero-order valence-electron chi connectivity index (χ0n) is 17.9. The number of nitrogens with zero attached hydrogens (tertiary/aromatic N) is 1. The van der Waals surface area contributed by atoms with E-state index in [0.29, 0.717) is 19.0 Å². The van der Waals surface area contributed by atoms with Gasteiger partial charge in [0.1, 0.15) is 29.7 Å². The van der Waals surface area contributed by atoms with Gasteiger partial charge in [0.15, 0.2) is 0 Å². The zero-order valence-corrected chi connectivity index (χ0v) is 18.8. The Kier molecular flexibility index (Phi) is 6.49. The summed E-state index contributed by atoms with van der Waals surface area (Å²) >= 11 is 0. The van der Waals surface area contributed by atoms with Crippen LogP contribution in [-0.4, -0.2) is 49.6 Å². The molecular formula is C20H23FN3O9P. The van der Waals surface area contributed by atoms with Gasteiger partial charge >= 0.3 is 19.4 Å². The predicted molar refractivity (Wildman–Crippen MR) is 114 cm³/mol. The Hall–Kier alpha value is -2.83. The van der Waals surface area contributed by atoms with Crippen molar-refractivity contribution in [2.75, 3.05) is 0 Å². The van der Waals surface area contributed by atoms with Gasteiger partial charge in [-0.05, 0) is 31.9 Å². The van der Waals surface area contributed by atoms with Crippen LogP contribution < -0.4 is 20.9 Å². The molecule has 1 aliphatic heterocycles. The van der Waals surface area contributed by atoms with E-state index < -0.39 is 60.9 Å². The number of aliphatic carboxylic acids is 1. The Labute approximate surface area is 191 Å². The van der Waals surface area contributed by atoms with Crippen molar-refractivity contribution in [2.45, 2.75) is 56.3 Å². The maximum Gasteiger partial charge on any atom is 0.460 e. The molecule has 4 N–H and O–H groups in total. The monoisotopic (exact) mass is 499 g/mol. The summed E-state index contributed by atoms with van der Waals surface area (Å²) in [6.07, 6.45) is -2.28. The number of halogens is 1. The number of benzene rings is 1. The van der Waals surface area contributed by atoms with Gasteiger partial charge in [-0.3, -0.25) is 23.7 Å². The van der Waals surface area contributed by atoms with Crippen LogP contribution in [0.1, 0.15) is 32.4 Å². The van der Waals surface area contributed by atoms with E-state index >= 15 is 0 Å². The Bertz CT molecular complexity index is 1230. The average Bonchev–Trinajstić information content (AvgIpc) is 3.42. The first-order valence-corrected chi connectivity index (χ1v) is 12.0. The van der Waals surface area contributed by atoms with Gasteiger partial charge in [0, 0.05) is 6.42 Å². The largest absolute Gasteiger partial charge is 0.480 e. The predicted octanol–water partition coefficient (Wildman–Crippen LogP) is 1.12. The molecule has 1 aromatic heterocycles. The van der Waals surface area contributed by atoms with Crippen LogP contribution in [0.3, 0.4) is 0 Å². The Morgan fingerprint density at radius 3 is 2.65 bits per heavy atom. The fourth-order valence-corrected chi connectivity index (χ4v) is 5.64. The molecule has 1 saturated carbocycles. The highest BCUT2D eigenvalue weighted by Crippen LogP contribution is 2.59. The number of aromatic amines is 1. The van der Waals surface area contributed by atoms with Gasteiger partial charge < -0.3 is 19.5 Å². The Balaban J connectivity index is 1.58. The number of hydrogen-bond donors (Lipinski definition) is 4. The van der Waals surface area contributed by atoms with E-state index in [1.165, 1.54) is 19.1 Å². The zero-order chi connectivity index (χ0) is 24.7.